The van der Waals surface area contributed by atoms with E-state index in [4.69, 9.17) is 9.97 Å². The summed E-state index contributed by atoms with van der Waals surface area (Å²) in [4.78, 5) is 10.5. The molecule has 0 amide bonds. The second-order valence-electron chi connectivity index (χ2n) is 11.1. The standard InChI is InChI=1S/C37H27N3/c1-37(2)30-22-21-26(40-31-19-11-9-17-27(31)28-18-10-12-20-32(28)40)23-29(30)35-33(37)34(24-13-5-3-6-14-24)38-36(39-35)25-15-7-4-8-16-25/h3-23H,1-2H3. The van der Waals surface area contributed by atoms with Crippen LogP contribution in [0.1, 0.15) is 25.0 Å². The smallest absolute Gasteiger partial charge is 0.160 e. The number of benzene rings is 5. The Labute approximate surface area is 233 Å². The highest BCUT2D eigenvalue weighted by Gasteiger charge is 2.40. The van der Waals surface area contributed by atoms with Gasteiger partial charge in [0.25, 0.3) is 0 Å². The molecule has 0 fully saturated rings. The van der Waals surface area contributed by atoms with Gasteiger partial charge in [0.2, 0.25) is 0 Å². The topological polar surface area (TPSA) is 30.7 Å². The van der Waals surface area contributed by atoms with Crippen molar-refractivity contribution < 1.29 is 0 Å². The molecule has 0 N–H and O–H groups in total. The Balaban J connectivity index is 1.43. The van der Waals surface area contributed by atoms with Gasteiger partial charge < -0.3 is 4.57 Å². The Morgan fingerprint density at radius 2 is 1.10 bits per heavy atom. The molecule has 0 radical (unpaired) electrons. The van der Waals surface area contributed by atoms with Crippen molar-refractivity contribution in [2.24, 2.45) is 0 Å². The largest absolute Gasteiger partial charge is 0.309 e. The van der Waals surface area contributed by atoms with E-state index in [2.05, 4.69) is 128 Å². The van der Waals surface area contributed by atoms with Crippen molar-refractivity contribution in [3.05, 3.63) is 139 Å². The summed E-state index contributed by atoms with van der Waals surface area (Å²) in [7, 11) is 0. The fraction of sp³-hybridized carbons (Fsp3) is 0.0811. The van der Waals surface area contributed by atoms with E-state index in [1.165, 1.54) is 38.5 Å². The first kappa shape index (κ1) is 22.9. The van der Waals surface area contributed by atoms with Gasteiger partial charge in [0.15, 0.2) is 5.82 Å². The van der Waals surface area contributed by atoms with Gasteiger partial charge in [-0.2, -0.15) is 0 Å². The van der Waals surface area contributed by atoms with Crippen LogP contribution in [0.2, 0.25) is 0 Å². The zero-order valence-corrected chi connectivity index (χ0v) is 22.5. The molecule has 0 bridgehead atoms. The van der Waals surface area contributed by atoms with Crippen LogP contribution in [0.5, 0.6) is 0 Å². The Hall–Kier alpha value is -5.02. The molecule has 7 aromatic rings. The Morgan fingerprint density at radius 1 is 0.550 bits per heavy atom. The van der Waals surface area contributed by atoms with Crippen LogP contribution in [0.3, 0.4) is 0 Å². The summed E-state index contributed by atoms with van der Waals surface area (Å²) < 4.78 is 2.38. The van der Waals surface area contributed by atoms with Gasteiger partial charge in [-0.25, -0.2) is 9.97 Å². The summed E-state index contributed by atoms with van der Waals surface area (Å²) in [5, 5.41) is 2.53. The van der Waals surface area contributed by atoms with Crippen LogP contribution in [0.15, 0.2) is 127 Å². The lowest BCUT2D eigenvalue weighted by Gasteiger charge is -2.24. The second kappa shape index (κ2) is 8.49. The molecule has 3 heteroatoms. The van der Waals surface area contributed by atoms with E-state index >= 15 is 0 Å². The van der Waals surface area contributed by atoms with Crippen LogP contribution < -0.4 is 0 Å². The molecule has 0 saturated carbocycles. The number of nitrogens with zero attached hydrogens (tertiary/aromatic N) is 3. The molecule has 40 heavy (non-hydrogen) atoms. The zero-order chi connectivity index (χ0) is 26.8. The van der Waals surface area contributed by atoms with Gasteiger partial charge >= 0.3 is 0 Å². The van der Waals surface area contributed by atoms with Gasteiger partial charge in [0, 0.05) is 44.1 Å². The van der Waals surface area contributed by atoms with E-state index in [-0.39, 0.29) is 5.41 Å². The first-order valence-corrected chi connectivity index (χ1v) is 13.8. The molecule has 1 aliphatic carbocycles. The second-order valence-corrected chi connectivity index (χ2v) is 11.1. The molecule has 190 valence electrons. The highest BCUT2D eigenvalue weighted by molar-refractivity contribution is 6.09. The minimum atomic E-state index is -0.246. The van der Waals surface area contributed by atoms with Crippen LogP contribution >= 0.6 is 0 Å². The Bertz CT molecular complexity index is 2020. The molecular formula is C37H27N3. The molecule has 0 atom stereocenters. The van der Waals surface area contributed by atoms with Gasteiger partial charge in [-0.15, -0.1) is 0 Å². The maximum Gasteiger partial charge on any atom is 0.160 e. The SMILES string of the molecule is CC1(C)c2ccc(-n3c4ccccc4c4ccccc43)cc2-c2nc(-c3ccccc3)nc(-c3ccccc3)c21. The van der Waals surface area contributed by atoms with E-state index in [0.717, 1.165) is 34.0 Å². The third kappa shape index (κ3) is 3.24. The molecule has 0 aliphatic heterocycles. The van der Waals surface area contributed by atoms with Gasteiger partial charge in [0.1, 0.15) is 0 Å². The summed E-state index contributed by atoms with van der Waals surface area (Å²) in [6.45, 7) is 4.60. The highest BCUT2D eigenvalue weighted by atomic mass is 15.0. The normalized spacial score (nSPS) is 13.4. The number of fused-ring (bicyclic) bond motifs is 6. The number of hydrogen-bond acceptors (Lipinski definition) is 2. The number of aromatic nitrogens is 3. The first-order chi connectivity index (χ1) is 19.6. The van der Waals surface area contributed by atoms with Crippen LogP contribution in [0.25, 0.3) is 61.4 Å². The van der Waals surface area contributed by atoms with Crippen molar-refractivity contribution in [3.63, 3.8) is 0 Å². The number of para-hydroxylation sites is 2. The minimum Gasteiger partial charge on any atom is -0.309 e. The van der Waals surface area contributed by atoms with Crippen LogP contribution in [-0.4, -0.2) is 14.5 Å². The van der Waals surface area contributed by atoms with Gasteiger partial charge in [0.05, 0.1) is 22.4 Å². The fourth-order valence-electron chi connectivity index (χ4n) is 6.52. The molecule has 1 aliphatic rings. The lowest BCUT2D eigenvalue weighted by atomic mass is 9.80. The van der Waals surface area contributed by atoms with Crippen molar-refractivity contribution in [1.82, 2.24) is 14.5 Å². The van der Waals surface area contributed by atoms with E-state index in [1.54, 1.807) is 0 Å². The molecule has 8 rings (SSSR count). The molecular weight excluding hydrogens is 486 g/mol. The highest BCUT2D eigenvalue weighted by Crippen LogP contribution is 2.52. The molecule has 2 heterocycles. The van der Waals surface area contributed by atoms with Crippen LogP contribution in [-0.2, 0) is 5.41 Å². The van der Waals surface area contributed by atoms with Gasteiger partial charge in [-0.1, -0.05) is 117 Å². The van der Waals surface area contributed by atoms with E-state index in [1.807, 2.05) is 18.2 Å². The average molecular weight is 514 g/mol. The summed E-state index contributed by atoms with van der Waals surface area (Å²) in [5.74, 6) is 0.754. The van der Waals surface area contributed by atoms with Crippen LogP contribution in [0, 0.1) is 0 Å². The maximum atomic E-state index is 5.27. The summed E-state index contributed by atoms with van der Waals surface area (Å²) >= 11 is 0. The molecule has 0 saturated heterocycles. The van der Waals surface area contributed by atoms with E-state index < -0.39 is 0 Å². The fourth-order valence-corrected chi connectivity index (χ4v) is 6.52. The maximum absolute atomic E-state index is 5.27. The van der Waals surface area contributed by atoms with Crippen molar-refractivity contribution in [3.8, 4) is 39.6 Å². The average Bonchev–Trinajstić information content (AvgIpc) is 3.46. The molecule has 0 unspecified atom stereocenters. The zero-order valence-electron chi connectivity index (χ0n) is 22.5. The van der Waals surface area contributed by atoms with E-state index in [0.29, 0.717) is 0 Å². The molecule has 5 aromatic carbocycles. The van der Waals surface area contributed by atoms with E-state index in [9.17, 15) is 0 Å². The lowest BCUT2D eigenvalue weighted by Crippen LogP contribution is -2.17. The van der Waals surface area contributed by atoms with Crippen molar-refractivity contribution in [2.45, 2.75) is 19.3 Å². The Kier molecular flexibility index (Phi) is 4.86. The monoisotopic (exact) mass is 513 g/mol. The van der Waals surface area contributed by atoms with Crippen molar-refractivity contribution in [1.29, 1.82) is 0 Å². The Morgan fingerprint density at radius 3 is 1.75 bits per heavy atom. The van der Waals surface area contributed by atoms with Crippen molar-refractivity contribution >= 4 is 21.8 Å². The summed E-state index contributed by atoms with van der Waals surface area (Å²) in [5.41, 5.74) is 11.1. The third-order valence-electron chi connectivity index (χ3n) is 8.38. The van der Waals surface area contributed by atoms with Gasteiger partial charge in [-0.05, 0) is 29.8 Å². The quantitative estimate of drug-likeness (QED) is 0.236. The van der Waals surface area contributed by atoms with Crippen molar-refractivity contribution in [2.75, 3.05) is 0 Å². The number of rotatable bonds is 3. The molecule has 3 nitrogen and oxygen atoms in total. The lowest BCUT2D eigenvalue weighted by molar-refractivity contribution is 0.657. The predicted octanol–water partition coefficient (Wildman–Crippen LogP) is 9.21. The molecule has 0 spiro atoms. The first-order valence-electron chi connectivity index (χ1n) is 13.8. The molecule has 2 aromatic heterocycles. The third-order valence-corrected chi connectivity index (χ3v) is 8.38. The summed E-state index contributed by atoms with van der Waals surface area (Å²) in [6.07, 6.45) is 0. The number of hydrogen-bond donors (Lipinski definition) is 0. The van der Waals surface area contributed by atoms with Crippen LogP contribution in [0.4, 0.5) is 0 Å². The van der Waals surface area contributed by atoms with Gasteiger partial charge in [-0.3, -0.25) is 0 Å². The summed E-state index contributed by atoms with van der Waals surface area (Å²) in [6, 6.07) is 45.1. The minimum absolute atomic E-state index is 0.246. The predicted molar refractivity (Wildman–Crippen MR) is 165 cm³/mol.